The summed E-state index contributed by atoms with van der Waals surface area (Å²) in [5.41, 5.74) is 4.93. The zero-order chi connectivity index (χ0) is 11.6. The Labute approximate surface area is 95.5 Å². The van der Waals surface area contributed by atoms with Crippen molar-refractivity contribution in [2.75, 3.05) is 0 Å². The molecule has 2 nitrogen and oxygen atoms in total. The molecule has 16 heavy (non-hydrogen) atoms. The Morgan fingerprint density at radius 3 is 2.31 bits per heavy atom. The van der Waals surface area contributed by atoms with Crippen LogP contribution in [-0.4, -0.2) is 11.3 Å². The fraction of sp³-hybridized carbons (Fsp3) is 0.333. The van der Waals surface area contributed by atoms with Crippen LogP contribution in [0.4, 0.5) is 17.6 Å². The third kappa shape index (κ3) is 4.24. The first-order chi connectivity index (χ1) is 6.79. The Kier molecular flexibility index (Phi) is 5.02. The fourth-order valence-electron chi connectivity index (χ4n) is 1.18. The quantitative estimate of drug-likeness (QED) is 0.802. The van der Waals surface area contributed by atoms with Gasteiger partial charge in [-0.05, 0) is 6.07 Å². The standard InChI is InChI=1S/C9H9F4NO.ClH/c10-7-3-5(15)1-2-6(7)8(14)4-9(11,12)13;/h1-3,8,15H,4,14H2;1H/t8-;/m1./s1. The third-order valence-electron chi connectivity index (χ3n) is 1.83. The highest BCUT2D eigenvalue weighted by molar-refractivity contribution is 5.85. The Balaban J connectivity index is 0.00000225. The van der Waals surface area contributed by atoms with E-state index in [1.807, 2.05) is 0 Å². The fourth-order valence-corrected chi connectivity index (χ4v) is 1.18. The maximum absolute atomic E-state index is 13.1. The summed E-state index contributed by atoms with van der Waals surface area (Å²) in [6.45, 7) is 0. The van der Waals surface area contributed by atoms with Gasteiger partial charge in [-0.2, -0.15) is 13.2 Å². The second-order valence-electron chi connectivity index (χ2n) is 3.13. The van der Waals surface area contributed by atoms with Crippen molar-refractivity contribution >= 4 is 12.4 Å². The van der Waals surface area contributed by atoms with Crippen LogP contribution >= 0.6 is 12.4 Å². The molecule has 0 aliphatic carbocycles. The molecule has 0 heterocycles. The number of hydrogen-bond donors (Lipinski definition) is 2. The molecule has 0 unspecified atom stereocenters. The van der Waals surface area contributed by atoms with Crippen LogP contribution in [0.2, 0.25) is 0 Å². The SMILES string of the molecule is Cl.N[C@H](CC(F)(F)F)c1ccc(O)cc1F. The summed E-state index contributed by atoms with van der Waals surface area (Å²) in [6.07, 6.45) is -5.74. The second kappa shape index (κ2) is 5.36. The van der Waals surface area contributed by atoms with Gasteiger partial charge < -0.3 is 10.8 Å². The maximum atomic E-state index is 13.1. The molecule has 3 N–H and O–H groups in total. The first-order valence-electron chi connectivity index (χ1n) is 4.10. The highest BCUT2D eigenvalue weighted by Crippen LogP contribution is 2.29. The number of alkyl halides is 3. The van der Waals surface area contributed by atoms with Gasteiger partial charge in [0.2, 0.25) is 0 Å². The molecule has 0 spiro atoms. The van der Waals surface area contributed by atoms with E-state index in [4.69, 9.17) is 10.8 Å². The molecular formula is C9H10ClF4NO. The van der Waals surface area contributed by atoms with E-state index in [1.165, 1.54) is 0 Å². The summed E-state index contributed by atoms with van der Waals surface area (Å²) in [4.78, 5) is 0. The largest absolute Gasteiger partial charge is 0.508 e. The minimum Gasteiger partial charge on any atom is -0.508 e. The van der Waals surface area contributed by atoms with Crippen molar-refractivity contribution in [3.05, 3.63) is 29.6 Å². The number of nitrogens with two attached hydrogens (primary N) is 1. The number of phenolic OH excluding ortho intramolecular Hbond substituents is 1. The molecule has 0 amide bonds. The van der Waals surface area contributed by atoms with E-state index in [-0.39, 0.29) is 23.7 Å². The summed E-state index contributed by atoms with van der Waals surface area (Å²) in [6, 6.07) is 1.41. The van der Waals surface area contributed by atoms with Gasteiger partial charge in [-0.15, -0.1) is 12.4 Å². The van der Waals surface area contributed by atoms with Gasteiger partial charge >= 0.3 is 6.18 Å². The van der Waals surface area contributed by atoms with Crippen LogP contribution in [0.25, 0.3) is 0 Å². The van der Waals surface area contributed by atoms with E-state index >= 15 is 0 Å². The van der Waals surface area contributed by atoms with Gasteiger partial charge in [-0.3, -0.25) is 0 Å². The second-order valence-corrected chi connectivity index (χ2v) is 3.13. The highest BCUT2D eigenvalue weighted by Gasteiger charge is 2.31. The van der Waals surface area contributed by atoms with Crippen molar-refractivity contribution in [3.63, 3.8) is 0 Å². The lowest BCUT2D eigenvalue weighted by Crippen LogP contribution is -2.21. The molecule has 92 valence electrons. The van der Waals surface area contributed by atoms with Gasteiger partial charge in [0.1, 0.15) is 11.6 Å². The van der Waals surface area contributed by atoms with E-state index in [1.54, 1.807) is 0 Å². The summed E-state index contributed by atoms with van der Waals surface area (Å²) < 4.78 is 48.9. The Morgan fingerprint density at radius 1 is 1.31 bits per heavy atom. The van der Waals surface area contributed by atoms with Crippen molar-refractivity contribution in [2.45, 2.75) is 18.6 Å². The third-order valence-corrected chi connectivity index (χ3v) is 1.83. The van der Waals surface area contributed by atoms with Gasteiger partial charge in [-0.25, -0.2) is 4.39 Å². The highest BCUT2D eigenvalue weighted by atomic mass is 35.5. The average molecular weight is 260 g/mol. The molecule has 1 rings (SSSR count). The van der Waals surface area contributed by atoms with Crippen LogP contribution in [0.1, 0.15) is 18.0 Å². The van der Waals surface area contributed by atoms with E-state index in [0.29, 0.717) is 0 Å². The molecule has 7 heteroatoms. The smallest absolute Gasteiger partial charge is 0.390 e. The number of halogens is 5. The summed E-state index contributed by atoms with van der Waals surface area (Å²) in [5.74, 6) is -1.29. The van der Waals surface area contributed by atoms with Crippen LogP contribution in [0.5, 0.6) is 5.75 Å². The lowest BCUT2D eigenvalue weighted by atomic mass is 10.0. The van der Waals surface area contributed by atoms with Gasteiger partial charge in [-0.1, -0.05) is 6.07 Å². The molecule has 0 fully saturated rings. The summed E-state index contributed by atoms with van der Waals surface area (Å²) >= 11 is 0. The molecule has 1 aromatic rings. The molecule has 0 radical (unpaired) electrons. The maximum Gasteiger partial charge on any atom is 0.390 e. The molecule has 0 aliphatic heterocycles. The Bertz CT molecular complexity index is 356. The van der Waals surface area contributed by atoms with Crippen LogP contribution < -0.4 is 5.73 Å². The summed E-state index contributed by atoms with van der Waals surface area (Å²) in [7, 11) is 0. The van der Waals surface area contributed by atoms with E-state index in [2.05, 4.69) is 0 Å². The predicted octanol–water partition coefficient (Wildman–Crippen LogP) is 2.91. The molecule has 0 saturated heterocycles. The van der Waals surface area contributed by atoms with Crippen molar-refractivity contribution in [1.29, 1.82) is 0 Å². The van der Waals surface area contributed by atoms with Crippen LogP contribution in [0.3, 0.4) is 0 Å². The zero-order valence-electron chi connectivity index (χ0n) is 7.96. The number of aromatic hydroxyl groups is 1. The Hall–Kier alpha value is -1.01. The minimum atomic E-state index is -4.44. The molecule has 1 aromatic carbocycles. The average Bonchev–Trinajstić information content (AvgIpc) is 1.99. The van der Waals surface area contributed by atoms with Crippen molar-refractivity contribution < 1.29 is 22.7 Å². The topological polar surface area (TPSA) is 46.2 Å². The summed E-state index contributed by atoms with van der Waals surface area (Å²) in [5, 5.41) is 8.85. The van der Waals surface area contributed by atoms with E-state index in [0.717, 1.165) is 18.2 Å². The van der Waals surface area contributed by atoms with Crippen LogP contribution in [-0.2, 0) is 0 Å². The van der Waals surface area contributed by atoms with Crippen molar-refractivity contribution in [2.24, 2.45) is 5.73 Å². The lowest BCUT2D eigenvalue weighted by molar-refractivity contribution is -0.138. The normalized spacial score (nSPS) is 13.1. The molecule has 0 aromatic heterocycles. The number of hydrogen-bond acceptors (Lipinski definition) is 2. The van der Waals surface area contributed by atoms with E-state index < -0.39 is 24.5 Å². The van der Waals surface area contributed by atoms with Crippen LogP contribution in [0.15, 0.2) is 18.2 Å². The molecule has 1 atom stereocenters. The van der Waals surface area contributed by atoms with Crippen molar-refractivity contribution in [3.8, 4) is 5.75 Å². The van der Waals surface area contributed by atoms with Gasteiger partial charge in [0, 0.05) is 17.7 Å². The predicted molar refractivity (Wildman–Crippen MR) is 52.9 cm³/mol. The first-order valence-corrected chi connectivity index (χ1v) is 4.10. The van der Waals surface area contributed by atoms with Gasteiger partial charge in [0.05, 0.1) is 6.42 Å². The van der Waals surface area contributed by atoms with E-state index in [9.17, 15) is 17.6 Å². The van der Waals surface area contributed by atoms with Gasteiger partial charge in [0.15, 0.2) is 0 Å². The number of rotatable bonds is 2. The van der Waals surface area contributed by atoms with Gasteiger partial charge in [0.25, 0.3) is 0 Å². The lowest BCUT2D eigenvalue weighted by Gasteiger charge is -2.15. The molecule has 0 bridgehead atoms. The Morgan fingerprint density at radius 2 is 1.88 bits per heavy atom. The zero-order valence-corrected chi connectivity index (χ0v) is 8.78. The van der Waals surface area contributed by atoms with Crippen molar-refractivity contribution in [1.82, 2.24) is 0 Å². The monoisotopic (exact) mass is 259 g/mol. The first kappa shape index (κ1) is 15.0. The number of phenols is 1. The molecule has 0 saturated carbocycles. The minimum absolute atomic E-state index is 0. The molecular weight excluding hydrogens is 250 g/mol. The number of benzene rings is 1. The molecule has 0 aliphatic rings. The van der Waals surface area contributed by atoms with Crippen LogP contribution in [0, 0.1) is 5.82 Å².